The molecule has 1 aliphatic heterocycles. The number of nitrogens with zero attached hydrogens (tertiary/aromatic N) is 1. The second kappa shape index (κ2) is 6.92. The van der Waals surface area contributed by atoms with E-state index in [0.29, 0.717) is 13.0 Å². The molecule has 1 aliphatic rings. The molecular formula is C15H28N2O2. The Labute approximate surface area is 116 Å². The third-order valence-electron chi connectivity index (χ3n) is 3.98. The predicted molar refractivity (Wildman–Crippen MR) is 76.7 cm³/mol. The Balaban J connectivity index is 2.43. The molecule has 0 aromatic carbocycles. The largest absolute Gasteiger partial charge is 0.351 e. The molecule has 1 saturated heterocycles. The lowest BCUT2D eigenvalue weighted by atomic mass is 9.85. The molecule has 0 aromatic heterocycles. The molecule has 1 N–H and O–H groups in total. The van der Waals surface area contributed by atoms with E-state index < -0.39 is 0 Å². The van der Waals surface area contributed by atoms with Gasteiger partial charge in [0.25, 0.3) is 0 Å². The van der Waals surface area contributed by atoms with Gasteiger partial charge in [-0.15, -0.1) is 0 Å². The Kier molecular flexibility index (Phi) is 5.83. The zero-order valence-electron chi connectivity index (χ0n) is 12.8. The lowest BCUT2D eigenvalue weighted by molar-refractivity contribution is -0.136. The number of amides is 2. The van der Waals surface area contributed by atoms with Crippen LogP contribution < -0.4 is 5.32 Å². The number of nitrogens with one attached hydrogen (secondary N) is 1. The highest BCUT2D eigenvalue weighted by Gasteiger charge is 2.31. The van der Waals surface area contributed by atoms with Crippen molar-refractivity contribution in [3.05, 3.63) is 0 Å². The number of likely N-dealkylation sites (tertiary alicyclic amines) is 1. The number of unbranched alkanes of at least 4 members (excludes halogenated alkanes) is 2. The van der Waals surface area contributed by atoms with Gasteiger partial charge in [0.1, 0.15) is 0 Å². The molecule has 4 nitrogen and oxygen atoms in total. The summed E-state index contributed by atoms with van der Waals surface area (Å²) in [5.74, 6) is 0.295. The first-order chi connectivity index (χ1) is 8.86. The minimum Gasteiger partial charge on any atom is -0.351 e. The van der Waals surface area contributed by atoms with E-state index in [9.17, 15) is 9.59 Å². The molecule has 0 saturated carbocycles. The van der Waals surface area contributed by atoms with Gasteiger partial charge in [0, 0.05) is 31.5 Å². The van der Waals surface area contributed by atoms with Crippen molar-refractivity contribution in [2.24, 2.45) is 5.41 Å². The van der Waals surface area contributed by atoms with Gasteiger partial charge in [-0.3, -0.25) is 9.59 Å². The lowest BCUT2D eigenvalue weighted by Gasteiger charge is -2.33. The fraction of sp³-hybridized carbons (Fsp3) is 0.867. The van der Waals surface area contributed by atoms with Gasteiger partial charge in [-0.1, -0.05) is 40.0 Å². The molecule has 1 fully saturated rings. The van der Waals surface area contributed by atoms with E-state index in [4.69, 9.17) is 0 Å². The molecule has 19 heavy (non-hydrogen) atoms. The van der Waals surface area contributed by atoms with E-state index in [1.54, 1.807) is 11.9 Å². The van der Waals surface area contributed by atoms with Crippen molar-refractivity contribution in [2.75, 3.05) is 13.6 Å². The maximum absolute atomic E-state index is 12.3. The average Bonchev–Trinajstić information content (AvgIpc) is 2.34. The van der Waals surface area contributed by atoms with Crippen molar-refractivity contribution in [1.29, 1.82) is 0 Å². The molecule has 0 aliphatic carbocycles. The third-order valence-corrected chi connectivity index (χ3v) is 3.98. The second-order valence-electron chi connectivity index (χ2n) is 6.32. The van der Waals surface area contributed by atoms with Gasteiger partial charge >= 0.3 is 0 Å². The smallest absolute Gasteiger partial charge is 0.225 e. The van der Waals surface area contributed by atoms with E-state index in [1.165, 1.54) is 12.8 Å². The van der Waals surface area contributed by atoms with Gasteiger partial charge in [0.2, 0.25) is 11.8 Å². The molecule has 0 bridgehead atoms. The maximum Gasteiger partial charge on any atom is 0.225 e. The summed E-state index contributed by atoms with van der Waals surface area (Å²) in [5, 5.41) is 3.10. The SMILES string of the molecule is CCCCCC(C)(C)C(=O)N[C@H]1CCC(=O)N(C)C1. The van der Waals surface area contributed by atoms with Crippen LogP contribution >= 0.6 is 0 Å². The van der Waals surface area contributed by atoms with E-state index >= 15 is 0 Å². The Bertz CT molecular complexity index is 326. The molecule has 0 spiro atoms. The first-order valence-corrected chi connectivity index (χ1v) is 7.41. The van der Waals surface area contributed by atoms with Crippen LogP contribution in [0.1, 0.15) is 59.3 Å². The van der Waals surface area contributed by atoms with Crippen molar-refractivity contribution >= 4 is 11.8 Å². The number of hydrogen-bond acceptors (Lipinski definition) is 2. The Hall–Kier alpha value is -1.06. The summed E-state index contributed by atoms with van der Waals surface area (Å²) < 4.78 is 0. The van der Waals surface area contributed by atoms with E-state index in [1.807, 2.05) is 13.8 Å². The number of hydrogen-bond donors (Lipinski definition) is 1. The molecule has 4 heteroatoms. The van der Waals surface area contributed by atoms with Gasteiger partial charge in [0.15, 0.2) is 0 Å². The predicted octanol–water partition coefficient (Wildman–Crippen LogP) is 2.33. The summed E-state index contributed by atoms with van der Waals surface area (Å²) in [6, 6.07) is 0.112. The molecule has 0 radical (unpaired) electrons. The summed E-state index contributed by atoms with van der Waals surface area (Å²) in [5.41, 5.74) is -0.310. The first kappa shape index (κ1) is 16.0. The molecule has 110 valence electrons. The highest BCUT2D eigenvalue weighted by Crippen LogP contribution is 2.24. The highest BCUT2D eigenvalue weighted by molar-refractivity contribution is 5.82. The average molecular weight is 268 g/mol. The minimum atomic E-state index is -0.310. The molecule has 2 amide bonds. The second-order valence-corrected chi connectivity index (χ2v) is 6.32. The summed E-state index contributed by atoms with van der Waals surface area (Å²) in [4.78, 5) is 25.4. The molecule has 1 rings (SSSR count). The number of likely N-dealkylation sites (N-methyl/N-ethyl adjacent to an activating group) is 1. The van der Waals surface area contributed by atoms with Gasteiger partial charge in [-0.25, -0.2) is 0 Å². The van der Waals surface area contributed by atoms with Gasteiger partial charge in [-0.2, -0.15) is 0 Å². The van der Waals surface area contributed by atoms with Crippen molar-refractivity contribution in [1.82, 2.24) is 10.2 Å². The molecule has 1 atom stereocenters. The zero-order valence-corrected chi connectivity index (χ0v) is 12.8. The fourth-order valence-electron chi connectivity index (χ4n) is 2.44. The van der Waals surface area contributed by atoms with Crippen LogP contribution in [0.5, 0.6) is 0 Å². The van der Waals surface area contributed by atoms with Crippen molar-refractivity contribution in [3.8, 4) is 0 Å². The van der Waals surface area contributed by atoms with Crippen LogP contribution in [0.3, 0.4) is 0 Å². The molecule has 1 heterocycles. The van der Waals surface area contributed by atoms with E-state index in [-0.39, 0.29) is 23.3 Å². The number of carbonyl (C=O) groups excluding carboxylic acids is 2. The van der Waals surface area contributed by atoms with Crippen LogP contribution in [-0.4, -0.2) is 36.3 Å². The van der Waals surface area contributed by atoms with Crippen LogP contribution in [0.2, 0.25) is 0 Å². The van der Waals surface area contributed by atoms with Gasteiger partial charge < -0.3 is 10.2 Å². The maximum atomic E-state index is 12.3. The van der Waals surface area contributed by atoms with Crippen molar-refractivity contribution in [3.63, 3.8) is 0 Å². The van der Waals surface area contributed by atoms with Crippen molar-refractivity contribution < 1.29 is 9.59 Å². The van der Waals surface area contributed by atoms with Gasteiger partial charge in [0.05, 0.1) is 0 Å². The first-order valence-electron chi connectivity index (χ1n) is 7.41. The monoisotopic (exact) mass is 268 g/mol. The quantitative estimate of drug-likeness (QED) is 0.752. The van der Waals surface area contributed by atoms with Crippen LogP contribution in [0.25, 0.3) is 0 Å². The minimum absolute atomic E-state index is 0.112. The third kappa shape index (κ3) is 4.84. The van der Waals surface area contributed by atoms with Crippen LogP contribution in [0, 0.1) is 5.41 Å². The number of piperidine rings is 1. The van der Waals surface area contributed by atoms with Crippen LogP contribution in [-0.2, 0) is 9.59 Å². The summed E-state index contributed by atoms with van der Waals surface area (Å²) in [6.07, 6.45) is 5.68. The Morgan fingerprint density at radius 3 is 2.68 bits per heavy atom. The van der Waals surface area contributed by atoms with E-state index in [2.05, 4.69) is 12.2 Å². The van der Waals surface area contributed by atoms with E-state index in [0.717, 1.165) is 19.3 Å². The molecule has 0 aromatic rings. The van der Waals surface area contributed by atoms with Crippen LogP contribution in [0.15, 0.2) is 0 Å². The molecular weight excluding hydrogens is 240 g/mol. The highest BCUT2D eigenvalue weighted by atomic mass is 16.2. The van der Waals surface area contributed by atoms with Crippen molar-refractivity contribution in [2.45, 2.75) is 65.3 Å². The molecule has 0 unspecified atom stereocenters. The normalized spacial score (nSPS) is 20.5. The lowest BCUT2D eigenvalue weighted by Crippen LogP contribution is -2.51. The Morgan fingerprint density at radius 1 is 1.42 bits per heavy atom. The van der Waals surface area contributed by atoms with Crippen LogP contribution in [0.4, 0.5) is 0 Å². The number of carbonyl (C=O) groups is 2. The standard InChI is InChI=1S/C15H28N2O2/c1-5-6-7-10-15(2,3)14(19)16-12-8-9-13(18)17(4)11-12/h12H,5-11H2,1-4H3,(H,16,19)/t12-/m0/s1. The topological polar surface area (TPSA) is 49.4 Å². The fourth-order valence-corrected chi connectivity index (χ4v) is 2.44. The summed E-state index contributed by atoms with van der Waals surface area (Å²) in [7, 11) is 1.80. The summed E-state index contributed by atoms with van der Waals surface area (Å²) >= 11 is 0. The van der Waals surface area contributed by atoms with Gasteiger partial charge in [-0.05, 0) is 12.8 Å². The number of rotatable bonds is 6. The summed E-state index contributed by atoms with van der Waals surface area (Å²) in [6.45, 7) is 6.82. The zero-order chi connectivity index (χ0) is 14.5. The Morgan fingerprint density at radius 2 is 2.11 bits per heavy atom.